The third-order valence-electron chi connectivity index (χ3n) is 2.78. The highest BCUT2D eigenvalue weighted by Gasteiger charge is 2.11. The molecule has 0 aliphatic carbocycles. The first kappa shape index (κ1) is 13.9. The number of methoxy groups -OCH3 is 1. The molecule has 1 aromatic carbocycles. The molecule has 0 fully saturated rings. The number of nitrogens with one attached hydrogen (secondary N) is 1. The second-order valence-electron chi connectivity index (χ2n) is 4.24. The molecule has 0 saturated heterocycles. The summed E-state index contributed by atoms with van der Waals surface area (Å²) in [5.74, 6) is 0.316. The Hall–Kier alpha value is -1.19. The van der Waals surface area contributed by atoms with Gasteiger partial charge in [0, 0.05) is 26.2 Å². The summed E-state index contributed by atoms with van der Waals surface area (Å²) >= 11 is 0. The van der Waals surface area contributed by atoms with Gasteiger partial charge in [-0.25, -0.2) is 0 Å². The molecule has 0 radical (unpaired) electrons. The lowest BCUT2D eigenvalue weighted by atomic mass is 10.0. The van der Waals surface area contributed by atoms with E-state index in [1.165, 1.54) is 5.56 Å². The summed E-state index contributed by atoms with van der Waals surface area (Å²) in [6.45, 7) is 3.76. The zero-order chi connectivity index (χ0) is 12.5. The minimum Gasteiger partial charge on any atom is -0.385 e. The molecular formula is C14H21NO2. The normalized spacial score (nSPS) is 12.4. The average Bonchev–Trinajstić information content (AvgIpc) is 2.37. The average molecular weight is 235 g/mol. The second kappa shape index (κ2) is 7.98. The summed E-state index contributed by atoms with van der Waals surface area (Å²) in [7, 11) is 1.66. The van der Waals surface area contributed by atoms with Crippen molar-refractivity contribution < 1.29 is 9.53 Å². The SMILES string of the molecule is COCCC(C)C(=O)CNCc1ccccc1. The zero-order valence-corrected chi connectivity index (χ0v) is 10.6. The van der Waals surface area contributed by atoms with Gasteiger partial charge in [-0.3, -0.25) is 4.79 Å². The number of Topliss-reactive ketones (excluding diaryl/α,β-unsaturated/α-hetero) is 1. The highest BCUT2D eigenvalue weighted by molar-refractivity contribution is 5.82. The fraction of sp³-hybridized carbons (Fsp3) is 0.500. The molecule has 0 aromatic heterocycles. The molecule has 0 heterocycles. The number of carbonyl (C=O) groups excluding carboxylic acids is 1. The molecule has 1 unspecified atom stereocenters. The van der Waals surface area contributed by atoms with E-state index in [-0.39, 0.29) is 11.7 Å². The van der Waals surface area contributed by atoms with Gasteiger partial charge in [-0.1, -0.05) is 37.3 Å². The molecule has 0 saturated carbocycles. The molecule has 3 nitrogen and oxygen atoms in total. The zero-order valence-electron chi connectivity index (χ0n) is 10.6. The van der Waals surface area contributed by atoms with Gasteiger partial charge in [0.25, 0.3) is 0 Å². The summed E-state index contributed by atoms with van der Waals surface area (Å²) in [6.07, 6.45) is 0.794. The second-order valence-corrected chi connectivity index (χ2v) is 4.24. The van der Waals surface area contributed by atoms with Gasteiger partial charge in [-0.05, 0) is 12.0 Å². The number of ketones is 1. The van der Waals surface area contributed by atoms with Crippen LogP contribution in [0.1, 0.15) is 18.9 Å². The van der Waals surface area contributed by atoms with Crippen LogP contribution >= 0.6 is 0 Å². The maximum absolute atomic E-state index is 11.7. The van der Waals surface area contributed by atoms with E-state index in [0.717, 1.165) is 13.0 Å². The highest BCUT2D eigenvalue weighted by Crippen LogP contribution is 2.03. The number of hydrogen-bond acceptors (Lipinski definition) is 3. The Morgan fingerprint density at radius 3 is 2.71 bits per heavy atom. The van der Waals surface area contributed by atoms with Crippen LogP contribution in [0, 0.1) is 5.92 Å². The van der Waals surface area contributed by atoms with E-state index in [4.69, 9.17) is 4.74 Å². The van der Waals surface area contributed by atoms with Gasteiger partial charge in [0.2, 0.25) is 0 Å². The highest BCUT2D eigenvalue weighted by atomic mass is 16.5. The molecule has 94 valence electrons. The molecule has 0 amide bonds. The smallest absolute Gasteiger partial charge is 0.149 e. The molecule has 3 heteroatoms. The summed E-state index contributed by atoms with van der Waals surface area (Å²) in [5.41, 5.74) is 1.20. The van der Waals surface area contributed by atoms with Gasteiger partial charge in [0.05, 0.1) is 6.54 Å². The first-order valence-electron chi connectivity index (χ1n) is 6.00. The Kier molecular flexibility index (Phi) is 6.51. The fourth-order valence-electron chi connectivity index (χ4n) is 1.56. The maximum atomic E-state index is 11.7. The van der Waals surface area contributed by atoms with Gasteiger partial charge < -0.3 is 10.1 Å². The fourth-order valence-corrected chi connectivity index (χ4v) is 1.56. The Bertz CT molecular complexity index is 324. The van der Waals surface area contributed by atoms with Crippen LogP contribution in [-0.2, 0) is 16.1 Å². The molecule has 1 aromatic rings. The molecule has 0 spiro atoms. The van der Waals surface area contributed by atoms with E-state index in [1.54, 1.807) is 7.11 Å². The number of hydrogen-bond donors (Lipinski definition) is 1. The van der Waals surface area contributed by atoms with E-state index < -0.39 is 0 Å². The number of benzene rings is 1. The van der Waals surface area contributed by atoms with Crippen molar-refractivity contribution in [2.75, 3.05) is 20.3 Å². The first-order chi connectivity index (χ1) is 8.24. The van der Waals surface area contributed by atoms with Crippen molar-refractivity contribution in [3.63, 3.8) is 0 Å². The quantitative estimate of drug-likeness (QED) is 0.749. The van der Waals surface area contributed by atoms with Crippen LogP contribution in [0.25, 0.3) is 0 Å². The van der Waals surface area contributed by atoms with Gasteiger partial charge in [0.1, 0.15) is 5.78 Å². The third-order valence-corrected chi connectivity index (χ3v) is 2.78. The molecule has 1 N–H and O–H groups in total. The van der Waals surface area contributed by atoms with E-state index >= 15 is 0 Å². The molecule has 0 aliphatic rings. The largest absolute Gasteiger partial charge is 0.385 e. The number of rotatable bonds is 8. The lowest BCUT2D eigenvalue weighted by molar-refractivity contribution is -0.122. The maximum Gasteiger partial charge on any atom is 0.149 e. The van der Waals surface area contributed by atoms with Crippen LogP contribution in [0.5, 0.6) is 0 Å². The van der Waals surface area contributed by atoms with Crippen molar-refractivity contribution in [2.45, 2.75) is 19.9 Å². The van der Waals surface area contributed by atoms with Gasteiger partial charge >= 0.3 is 0 Å². The van der Waals surface area contributed by atoms with E-state index in [2.05, 4.69) is 5.32 Å². The lowest BCUT2D eigenvalue weighted by Gasteiger charge is -2.10. The Balaban J connectivity index is 2.20. The van der Waals surface area contributed by atoms with Crippen LogP contribution in [-0.4, -0.2) is 26.0 Å². The molecule has 0 bridgehead atoms. The standard InChI is InChI=1S/C14H21NO2/c1-12(8-9-17-2)14(16)11-15-10-13-6-4-3-5-7-13/h3-7,12,15H,8-11H2,1-2H3. The van der Waals surface area contributed by atoms with Gasteiger partial charge in [-0.15, -0.1) is 0 Å². The van der Waals surface area contributed by atoms with Crippen LogP contribution < -0.4 is 5.32 Å². The topological polar surface area (TPSA) is 38.3 Å². The molecule has 0 aliphatic heterocycles. The van der Waals surface area contributed by atoms with Crippen molar-refractivity contribution in [3.8, 4) is 0 Å². The van der Waals surface area contributed by atoms with Crippen molar-refractivity contribution >= 4 is 5.78 Å². The van der Waals surface area contributed by atoms with Crippen molar-refractivity contribution in [1.82, 2.24) is 5.32 Å². The van der Waals surface area contributed by atoms with Crippen molar-refractivity contribution in [2.24, 2.45) is 5.92 Å². The van der Waals surface area contributed by atoms with E-state index in [9.17, 15) is 4.79 Å². The number of carbonyl (C=O) groups is 1. The predicted molar refractivity (Wildman–Crippen MR) is 68.8 cm³/mol. The summed E-state index contributed by atoms with van der Waals surface area (Å²) < 4.78 is 4.96. The van der Waals surface area contributed by atoms with Crippen LogP contribution in [0.15, 0.2) is 30.3 Å². The predicted octanol–water partition coefficient (Wildman–Crippen LogP) is 2.02. The van der Waals surface area contributed by atoms with Gasteiger partial charge in [-0.2, -0.15) is 0 Å². The Morgan fingerprint density at radius 2 is 2.06 bits per heavy atom. The van der Waals surface area contributed by atoms with E-state index in [0.29, 0.717) is 13.2 Å². The Labute approximate surface area is 103 Å². The minimum absolute atomic E-state index is 0.0678. The monoisotopic (exact) mass is 235 g/mol. The van der Waals surface area contributed by atoms with Crippen LogP contribution in [0.3, 0.4) is 0 Å². The molecule has 1 atom stereocenters. The summed E-state index contributed by atoms with van der Waals surface area (Å²) in [5, 5.41) is 3.17. The summed E-state index contributed by atoms with van der Waals surface area (Å²) in [4.78, 5) is 11.7. The molecule has 17 heavy (non-hydrogen) atoms. The van der Waals surface area contributed by atoms with Crippen LogP contribution in [0.2, 0.25) is 0 Å². The summed E-state index contributed by atoms with van der Waals surface area (Å²) in [6, 6.07) is 10.1. The van der Waals surface area contributed by atoms with Crippen molar-refractivity contribution in [3.05, 3.63) is 35.9 Å². The molecule has 1 rings (SSSR count). The number of ether oxygens (including phenoxy) is 1. The molecular weight excluding hydrogens is 214 g/mol. The lowest BCUT2D eigenvalue weighted by Crippen LogP contribution is -2.27. The van der Waals surface area contributed by atoms with Gasteiger partial charge in [0.15, 0.2) is 0 Å². The van der Waals surface area contributed by atoms with Crippen molar-refractivity contribution in [1.29, 1.82) is 0 Å². The van der Waals surface area contributed by atoms with Crippen LogP contribution in [0.4, 0.5) is 0 Å². The Morgan fingerprint density at radius 1 is 1.35 bits per heavy atom. The minimum atomic E-state index is 0.0678. The van der Waals surface area contributed by atoms with E-state index in [1.807, 2.05) is 37.3 Å². The first-order valence-corrected chi connectivity index (χ1v) is 6.00. The third kappa shape index (κ3) is 5.61.